The van der Waals surface area contributed by atoms with Gasteiger partial charge in [-0.05, 0) is 26.8 Å². The van der Waals surface area contributed by atoms with Crippen LogP contribution in [0.2, 0.25) is 0 Å². The first kappa shape index (κ1) is 17.6. The number of esters is 1. The van der Waals surface area contributed by atoms with E-state index in [0.29, 0.717) is 28.8 Å². The van der Waals surface area contributed by atoms with E-state index in [1.165, 1.54) is 6.20 Å². The molecule has 0 saturated heterocycles. The number of nitrogens with zero attached hydrogens (tertiary/aromatic N) is 5. The third-order valence-corrected chi connectivity index (χ3v) is 3.94. The normalized spacial score (nSPS) is 12.1. The highest BCUT2D eigenvalue weighted by Gasteiger charge is 2.18. The molecular weight excluding hydrogens is 334 g/mol. The van der Waals surface area contributed by atoms with Crippen molar-refractivity contribution in [3.05, 3.63) is 42.0 Å². The fraction of sp³-hybridized carbons (Fsp3) is 0.333. The Morgan fingerprint density at radius 2 is 2.08 bits per heavy atom. The maximum atomic E-state index is 12.0. The van der Waals surface area contributed by atoms with Gasteiger partial charge in [0.05, 0.1) is 35.6 Å². The third-order valence-electron chi connectivity index (χ3n) is 3.94. The average Bonchev–Trinajstić information content (AvgIpc) is 3.28. The van der Waals surface area contributed by atoms with Crippen molar-refractivity contribution in [2.24, 2.45) is 0 Å². The Hall–Kier alpha value is -3.18. The molecule has 3 aromatic rings. The van der Waals surface area contributed by atoms with Gasteiger partial charge in [0.2, 0.25) is 0 Å². The predicted molar refractivity (Wildman–Crippen MR) is 93.4 cm³/mol. The Morgan fingerprint density at radius 1 is 1.27 bits per heavy atom. The average molecular weight is 353 g/mol. The van der Waals surface area contributed by atoms with Crippen molar-refractivity contribution >= 4 is 11.5 Å². The standard InChI is InChI=1S/C18H19N5O3/c1-4-25-12(3)22-11-15(9-20-22)17-14(7-19)8-21-23-10-13(6-16(17)23)18(24)26-5-2/h6,8-12H,4-5H2,1-3H3. The van der Waals surface area contributed by atoms with Gasteiger partial charge in [-0.3, -0.25) is 0 Å². The van der Waals surface area contributed by atoms with Gasteiger partial charge in [-0.15, -0.1) is 0 Å². The molecule has 1 atom stereocenters. The van der Waals surface area contributed by atoms with E-state index in [4.69, 9.17) is 9.47 Å². The van der Waals surface area contributed by atoms with Crippen molar-refractivity contribution in [1.82, 2.24) is 19.4 Å². The molecule has 0 N–H and O–H groups in total. The highest BCUT2D eigenvalue weighted by Crippen LogP contribution is 2.29. The Morgan fingerprint density at radius 3 is 2.77 bits per heavy atom. The van der Waals surface area contributed by atoms with Crippen LogP contribution in [0.4, 0.5) is 0 Å². The van der Waals surface area contributed by atoms with Crippen molar-refractivity contribution in [3.8, 4) is 17.2 Å². The Bertz CT molecular complexity index is 983. The molecule has 8 heteroatoms. The fourth-order valence-electron chi connectivity index (χ4n) is 2.75. The van der Waals surface area contributed by atoms with E-state index in [-0.39, 0.29) is 12.8 Å². The van der Waals surface area contributed by atoms with Crippen molar-refractivity contribution in [2.75, 3.05) is 13.2 Å². The van der Waals surface area contributed by atoms with Gasteiger partial charge in [0, 0.05) is 30.1 Å². The number of fused-ring (bicyclic) bond motifs is 1. The van der Waals surface area contributed by atoms with Crippen molar-refractivity contribution < 1.29 is 14.3 Å². The van der Waals surface area contributed by atoms with Crippen LogP contribution in [0.15, 0.2) is 30.9 Å². The zero-order valence-electron chi connectivity index (χ0n) is 14.8. The molecule has 0 bridgehead atoms. The number of hydrogen-bond donors (Lipinski definition) is 0. The first-order chi connectivity index (χ1) is 12.6. The van der Waals surface area contributed by atoms with Gasteiger partial charge in [0.1, 0.15) is 12.3 Å². The van der Waals surface area contributed by atoms with Crippen LogP contribution < -0.4 is 0 Å². The lowest BCUT2D eigenvalue weighted by Gasteiger charge is -2.11. The number of aromatic nitrogens is 4. The third kappa shape index (κ3) is 3.17. The second-order valence-corrected chi connectivity index (χ2v) is 5.59. The second kappa shape index (κ2) is 7.37. The van der Waals surface area contributed by atoms with E-state index in [9.17, 15) is 10.1 Å². The number of hydrogen-bond acceptors (Lipinski definition) is 6. The number of carbonyl (C=O) groups is 1. The Balaban J connectivity index is 2.12. The van der Waals surface area contributed by atoms with Gasteiger partial charge >= 0.3 is 5.97 Å². The molecule has 26 heavy (non-hydrogen) atoms. The van der Waals surface area contributed by atoms with Crippen molar-refractivity contribution in [2.45, 2.75) is 27.0 Å². The van der Waals surface area contributed by atoms with Gasteiger partial charge < -0.3 is 9.47 Å². The van der Waals surface area contributed by atoms with Crippen molar-refractivity contribution in [1.29, 1.82) is 5.26 Å². The summed E-state index contributed by atoms with van der Waals surface area (Å²) in [6.07, 6.45) is 6.32. The van der Waals surface area contributed by atoms with Crippen LogP contribution in [0.3, 0.4) is 0 Å². The molecule has 0 aliphatic heterocycles. The molecule has 0 amide bonds. The van der Waals surface area contributed by atoms with Crippen LogP contribution in [-0.2, 0) is 9.47 Å². The minimum Gasteiger partial charge on any atom is -0.462 e. The smallest absolute Gasteiger partial charge is 0.339 e. The van der Waals surface area contributed by atoms with E-state index in [1.807, 2.05) is 20.0 Å². The summed E-state index contributed by atoms with van der Waals surface area (Å²) in [5.41, 5.74) is 2.82. The molecule has 0 aliphatic rings. The molecule has 0 fully saturated rings. The Kier molecular flexibility index (Phi) is 5.00. The summed E-state index contributed by atoms with van der Waals surface area (Å²) >= 11 is 0. The number of carbonyl (C=O) groups excluding carboxylic acids is 1. The lowest BCUT2D eigenvalue weighted by Crippen LogP contribution is -2.09. The topological polar surface area (TPSA) is 94.4 Å². The molecule has 0 spiro atoms. The maximum absolute atomic E-state index is 12.0. The molecular formula is C18H19N5O3. The first-order valence-electron chi connectivity index (χ1n) is 8.33. The molecule has 8 nitrogen and oxygen atoms in total. The molecule has 0 aliphatic carbocycles. The molecule has 1 unspecified atom stereocenters. The van der Waals surface area contributed by atoms with E-state index in [1.54, 1.807) is 34.6 Å². The van der Waals surface area contributed by atoms with E-state index < -0.39 is 5.97 Å². The SMILES string of the molecule is CCOC(=O)c1cc2c(-c3cnn(C(C)OCC)c3)c(C#N)cnn2c1. The van der Waals surface area contributed by atoms with Crippen LogP contribution in [0.5, 0.6) is 0 Å². The highest BCUT2D eigenvalue weighted by molar-refractivity contribution is 5.94. The molecule has 0 radical (unpaired) electrons. The van der Waals surface area contributed by atoms with Gasteiger partial charge in [0.15, 0.2) is 0 Å². The minimum atomic E-state index is -0.428. The molecule has 3 heterocycles. The van der Waals surface area contributed by atoms with Crippen molar-refractivity contribution in [3.63, 3.8) is 0 Å². The fourth-order valence-corrected chi connectivity index (χ4v) is 2.75. The minimum absolute atomic E-state index is 0.223. The van der Waals surface area contributed by atoms with E-state index in [2.05, 4.69) is 16.3 Å². The molecule has 134 valence electrons. The maximum Gasteiger partial charge on any atom is 0.339 e. The van der Waals surface area contributed by atoms with Crippen LogP contribution in [-0.4, -0.2) is 38.6 Å². The summed E-state index contributed by atoms with van der Waals surface area (Å²) in [4.78, 5) is 12.0. The second-order valence-electron chi connectivity index (χ2n) is 5.59. The van der Waals surface area contributed by atoms with Crippen LogP contribution in [0.1, 0.15) is 42.9 Å². The molecule has 3 rings (SSSR count). The predicted octanol–water partition coefficient (Wildman–Crippen LogP) is 2.80. The van der Waals surface area contributed by atoms with Gasteiger partial charge in [-0.25, -0.2) is 14.0 Å². The summed E-state index contributed by atoms with van der Waals surface area (Å²) in [7, 11) is 0. The zero-order chi connectivity index (χ0) is 18.7. The van der Waals surface area contributed by atoms with Gasteiger partial charge in [0.25, 0.3) is 0 Å². The first-order valence-corrected chi connectivity index (χ1v) is 8.33. The lowest BCUT2D eigenvalue weighted by atomic mass is 10.0. The largest absolute Gasteiger partial charge is 0.462 e. The number of rotatable bonds is 6. The Labute approximate surface area is 150 Å². The van der Waals surface area contributed by atoms with Crippen LogP contribution >= 0.6 is 0 Å². The number of nitriles is 1. The molecule has 0 saturated carbocycles. The lowest BCUT2D eigenvalue weighted by molar-refractivity contribution is 0.0160. The van der Waals surface area contributed by atoms with E-state index in [0.717, 1.165) is 5.56 Å². The number of ether oxygens (including phenoxy) is 2. The summed E-state index contributed by atoms with van der Waals surface area (Å²) in [5.74, 6) is -0.428. The van der Waals surface area contributed by atoms with Crippen LogP contribution in [0, 0.1) is 11.3 Å². The quantitative estimate of drug-likeness (QED) is 0.633. The summed E-state index contributed by atoms with van der Waals surface area (Å²) in [6, 6.07) is 3.82. The summed E-state index contributed by atoms with van der Waals surface area (Å²) in [5, 5.41) is 18.0. The van der Waals surface area contributed by atoms with E-state index >= 15 is 0 Å². The molecule has 0 aromatic carbocycles. The molecule has 3 aromatic heterocycles. The highest BCUT2D eigenvalue weighted by atomic mass is 16.5. The monoisotopic (exact) mass is 353 g/mol. The summed E-state index contributed by atoms with van der Waals surface area (Å²) in [6.45, 7) is 6.42. The van der Waals surface area contributed by atoms with Gasteiger partial charge in [-0.1, -0.05) is 0 Å². The summed E-state index contributed by atoms with van der Waals surface area (Å²) < 4.78 is 13.8. The van der Waals surface area contributed by atoms with Gasteiger partial charge in [-0.2, -0.15) is 15.5 Å². The van der Waals surface area contributed by atoms with Crippen LogP contribution in [0.25, 0.3) is 16.6 Å². The zero-order valence-corrected chi connectivity index (χ0v) is 14.8.